The fraction of sp³-hybridized carbons (Fsp3) is 0.263. The van der Waals surface area contributed by atoms with Crippen molar-refractivity contribution >= 4 is 11.8 Å². The summed E-state index contributed by atoms with van der Waals surface area (Å²) < 4.78 is 18.5. The van der Waals surface area contributed by atoms with Crippen molar-refractivity contribution < 1.29 is 18.7 Å². The van der Waals surface area contributed by atoms with Crippen LogP contribution >= 0.6 is 0 Å². The molecule has 0 unspecified atom stereocenters. The van der Waals surface area contributed by atoms with Gasteiger partial charge in [0.1, 0.15) is 11.6 Å². The second kappa shape index (κ2) is 9.42. The molecule has 0 atom stereocenters. The molecule has 0 fully saturated rings. The highest BCUT2D eigenvalue weighted by Gasteiger charge is 2.09. The van der Waals surface area contributed by atoms with E-state index in [1.165, 1.54) is 6.07 Å². The zero-order chi connectivity index (χ0) is 18.1. The Bertz CT molecular complexity index is 717. The van der Waals surface area contributed by atoms with Gasteiger partial charge in [-0.2, -0.15) is 0 Å². The Balaban J connectivity index is 1.66. The summed E-state index contributed by atoms with van der Waals surface area (Å²) in [6.45, 7) is 0.338. The van der Waals surface area contributed by atoms with E-state index in [0.717, 1.165) is 11.3 Å². The monoisotopic (exact) mass is 344 g/mol. The van der Waals surface area contributed by atoms with E-state index in [1.54, 1.807) is 25.3 Å². The number of rotatable bonds is 8. The average molecular weight is 344 g/mol. The van der Waals surface area contributed by atoms with Gasteiger partial charge in [0.2, 0.25) is 11.8 Å². The van der Waals surface area contributed by atoms with Gasteiger partial charge < -0.3 is 15.4 Å². The number of halogens is 1. The van der Waals surface area contributed by atoms with Gasteiger partial charge in [-0.1, -0.05) is 30.3 Å². The number of nitrogens with one attached hydrogen (secondary N) is 2. The Labute approximate surface area is 146 Å². The number of carbonyl (C=O) groups is 2. The van der Waals surface area contributed by atoms with E-state index < -0.39 is 11.7 Å². The largest absolute Gasteiger partial charge is 0.497 e. The summed E-state index contributed by atoms with van der Waals surface area (Å²) in [5.41, 5.74) is 1.38. The maximum Gasteiger partial charge on any atom is 0.239 e. The number of benzene rings is 2. The van der Waals surface area contributed by atoms with Crippen molar-refractivity contribution in [3.05, 3.63) is 65.5 Å². The number of methoxy groups -OCH3 is 1. The Morgan fingerprint density at radius 1 is 1.00 bits per heavy atom. The minimum Gasteiger partial charge on any atom is -0.497 e. The molecule has 0 radical (unpaired) electrons. The van der Waals surface area contributed by atoms with Crippen LogP contribution in [0.5, 0.6) is 5.75 Å². The molecule has 2 aromatic rings. The average Bonchev–Trinajstić information content (AvgIpc) is 2.62. The molecule has 0 saturated heterocycles. The summed E-state index contributed by atoms with van der Waals surface area (Å²) in [4.78, 5) is 23.5. The third kappa shape index (κ3) is 6.25. The van der Waals surface area contributed by atoms with Gasteiger partial charge in [-0.25, -0.2) is 4.39 Å². The summed E-state index contributed by atoms with van der Waals surface area (Å²) in [6, 6.07) is 13.7. The molecule has 2 rings (SSSR count). The molecular formula is C19H21FN2O3. The molecule has 6 heteroatoms. The highest BCUT2D eigenvalue weighted by atomic mass is 19.1. The predicted octanol–water partition coefficient (Wildman–Crippen LogP) is 1.85. The number of hydrogen-bond acceptors (Lipinski definition) is 3. The normalized spacial score (nSPS) is 10.2. The van der Waals surface area contributed by atoms with Crippen molar-refractivity contribution in [2.75, 3.05) is 20.2 Å². The van der Waals surface area contributed by atoms with Crippen molar-refractivity contribution in [2.24, 2.45) is 0 Å². The van der Waals surface area contributed by atoms with Gasteiger partial charge in [-0.3, -0.25) is 9.59 Å². The molecule has 0 spiro atoms. The van der Waals surface area contributed by atoms with E-state index in [2.05, 4.69) is 10.6 Å². The maximum absolute atomic E-state index is 13.5. The van der Waals surface area contributed by atoms with E-state index in [-0.39, 0.29) is 18.9 Å². The Morgan fingerprint density at radius 2 is 1.72 bits per heavy atom. The van der Waals surface area contributed by atoms with E-state index in [0.29, 0.717) is 18.5 Å². The Hall–Kier alpha value is -2.89. The molecule has 0 aromatic heterocycles. The van der Waals surface area contributed by atoms with E-state index in [9.17, 15) is 14.0 Å². The zero-order valence-electron chi connectivity index (χ0n) is 14.0. The molecule has 0 aliphatic carbocycles. The summed E-state index contributed by atoms with van der Waals surface area (Å²) >= 11 is 0. The lowest BCUT2D eigenvalue weighted by Crippen LogP contribution is -2.38. The zero-order valence-corrected chi connectivity index (χ0v) is 14.0. The Kier molecular flexibility index (Phi) is 6.95. The van der Waals surface area contributed by atoms with Gasteiger partial charge in [0, 0.05) is 6.54 Å². The first-order valence-corrected chi connectivity index (χ1v) is 7.98. The van der Waals surface area contributed by atoms with Gasteiger partial charge in [-0.05, 0) is 35.7 Å². The lowest BCUT2D eigenvalue weighted by Gasteiger charge is -2.08. The SMILES string of the molecule is COc1ccc(CCNC(=O)CNC(=O)Cc2ccccc2F)cc1. The molecule has 2 amide bonds. The van der Waals surface area contributed by atoms with Crippen LogP contribution in [0.1, 0.15) is 11.1 Å². The molecule has 0 aliphatic rings. The predicted molar refractivity (Wildman–Crippen MR) is 92.8 cm³/mol. The highest BCUT2D eigenvalue weighted by Crippen LogP contribution is 2.11. The standard InChI is InChI=1S/C19H21FN2O3/c1-25-16-8-6-14(7-9-16)10-11-21-19(24)13-22-18(23)12-15-4-2-3-5-17(15)20/h2-9H,10-13H2,1H3,(H,21,24)(H,22,23). The van der Waals surface area contributed by atoms with Gasteiger partial charge in [0.05, 0.1) is 20.1 Å². The third-order valence-electron chi connectivity index (χ3n) is 3.65. The van der Waals surface area contributed by atoms with Gasteiger partial charge in [-0.15, -0.1) is 0 Å². The smallest absolute Gasteiger partial charge is 0.239 e. The van der Waals surface area contributed by atoms with E-state index in [1.807, 2.05) is 24.3 Å². The molecule has 5 nitrogen and oxygen atoms in total. The third-order valence-corrected chi connectivity index (χ3v) is 3.65. The first-order chi connectivity index (χ1) is 12.1. The fourth-order valence-electron chi connectivity index (χ4n) is 2.26. The second-order valence-corrected chi connectivity index (χ2v) is 5.49. The van der Waals surface area contributed by atoms with E-state index in [4.69, 9.17) is 4.74 Å². The van der Waals surface area contributed by atoms with Crippen molar-refractivity contribution in [1.82, 2.24) is 10.6 Å². The van der Waals surface area contributed by atoms with Crippen LogP contribution in [-0.2, 0) is 22.4 Å². The number of carbonyl (C=O) groups excluding carboxylic acids is 2. The maximum atomic E-state index is 13.5. The lowest BCUT2D eigenvalue weighted by atomic mass is 10.1. The number of ether oxygens (including phenoxy) is 1. The quantitative estimate of drug-likeness (QED) is 0.768. The molecule has 2 aromatic carbocycles. The van der Waals surface area contributed by atoms with Crippen LogP contribution in [0, 0.1) is 5.82 Å². The molecule has 0 bridgehead atoms. The van der Waals surface area contributed by atoms with Crippen molar-refractivity contribution in [1.29, 1.82) is 0 Å². The van der Waals surface area contributed by atoms with Crippen molar-refractivity contribution in [3.63, 3.8) is 0 Å². The second-order valence-electron chi connectivity index (χ2n) is 5.49. The molecule has 0 saturated carbocycles. The van der Waals surface area contributed by atoms with Crippen LogP contribution in [0.15, 0.2) is 48.5 Å². The Morgan fingerprint density at radius 3 is 2.40 bits per heavy atom. The van der Waals surface area contributed by atoms with Crippen molar-refractivity contribution in [3.8, 4) is 5.75 Å². The minimum absolute atomic E-state index is 0.0915. The molecule has 2 N–H and O–H groups in total. The van der Waals surface area contributed by atoms with Crippen molar-refractivity contribution in [2.45, 2.75) is 12.8 Å². The van der Waals surface area contributed by atoms with Gasteiger partial charge in [0.15, 0.2) is 0 Å². The summed E-state index contributed by atoms with van der Waals surface area (Å²) in [7, 11) is 1.61. The molecule has 132 valence electrons. The fourth-order valence-corrected chi connectivity index (χ4v) is 2.26. The molecular weight excluding hydrogens is 323 g/mol. The van der Waals surface area contributed by atoms with Crippen LogP contribution in [0.2, 0.25) is 0 Å². The topological polar surface area (TPSA) is 67.4 Å². The van der Waals surface area contributed by atoms with Crippen LogP contribution < -0.4 is 15.4 Å². The van der Waals surface area contributed by atoms with Crippen LogP contribution in [0.25, 0.3) is 0 Å². The number of hydrogen-bond donors (Lipinski definition) is 2. The summed E-state index contributed by atoms with van der Waals surface area (Å²) in [6.07, 6.45) is 0.588. The van der Waals surface area contributed by atoms with Crippen LogP contribution in [0.4, 0.5) is 4.39 Å². The van der Waals surface area contributed by atoms with Gasteiger partial charge >= 0.3 is 0 Å². The highest BCUT2D eigenvalue weighted by molar-refractivity contribution is 5.85. The first kappa shape index (κ1) is 18.4. The van der Waals surface area contributed by atoms with Gasteiger partial charge in [0.25, 0.3) is 0 Å². The van der Waals surface area contributed by atoms with Crippen LogP contribution in [-0.4, -0.2) is 32.0 Å². The lowest BCUT2D eigenvalue weighted by molar-refractivity contribution is -0.125. The van der Waals surface area contributed by atoms with Crippen LogP contribution in [0.3, 0.4) is 0 Å². The first-order valence-electron chi connectivity index (χ1n) is 7.98. The summed E-state index contributed by atoms with van der Waals surface area (Å²) in [5, 5.41) is 5.22. The number of amides is 2. The summed E-state index contributed by atoms with van der Waals surface area (Å²) in [5.74, 6) is -0.322. The molecule has 0 aliphatic heterocycles. The minimum atomic E-state index is -0.429. The molecule has 25 heavy (non-hydrogen) atoms. The molecule has 0 heterocycles. The van der Waals surface area contributed by atoms with E-state index >= 15 is 0 Å².